The second-order valence-electron chi connectivity index (χ2n) is 18.3. The Morgan fingerprint density at radius 2 is 0.833 bits per heavy atom. The van der Waals surface area contributed by atoms with Gasteiger partial charge >= 0.3 is 30.2 Å². The first kappa shape index (κ1) is 51.8. The van der Waals surface area contributed by atoms with E-state index >= 15 is 0 Å². The summed E-state index contributed by atoms with van der Waals surface area (Å²) in [5.41, 5.74) is 14.2. The molecule has 0 N–H and O–H groups in total. The van der Waals surface area contributed by atoms with E-state index < -0.39 is 0 Å². The zero-order valence-electron chi connectivity index (χ0n) is 36.1. The van der Waals surface area contributed by atoms with Crippen molar-refractivity contribution in [2.45, 2.75) is 119 Å². The summed E-state index contributed by atoms with van der Waals surface area (Å²) in [6.07, 6.45) is 0. The average Bonchev–Trinajstić information content (AvgIpc) is 3.60. The molecule has 0 atom stereocenters. The van der Waals surface area contributed by atoms with Gasteiger partial charge in [-0.05, 0) is 49.5 Å². The van der Waals surface area contributed by atoms with Crippen LogP contribution in [0.15, 0.2) is 97.1 Å². The van der Waals surface area contributed by atoms with Crippen LogP contribution in [-0.4, -0.2) is 6.88 Å². The molecular formula is C50H66Cl2SiZr-4. The van der Waals surface area contributed by atoms with Gasteiger partial charge in [-0.2, -0.15) is 12.1 Å². The molecule has 0 saturated carbocycles. The number of halogens is 2. The van der Waals surface area contributed by atoms with Crippen molar-refractivity contribution in [1.82, 2.24) is 0 Å². The summed E-state index contributed by atoms with van der Waals surface area (Å²) in [5, 5.41) is 5.42. The molecule has 54 heavy (non-hydrogen) atoms. The van der Waals surface area contributed by atoms with Crippen molar-refractivity contribution in [3.05, 3.63) is 145 Å². The number of rotatable bonds is 2. The van der Waals surface area contributed by atoms with Crippen molar-refractivity contribution in [1.29, 1.82) is 0 Å². The van der Waals surface area contributed by atoms with Gasteiger partial charge in [0.15, 0.2) is 0 Å². The Bertz CT molecular complexity index is 2050. The van der Waals surface area contributed by atoms with E-state index in [4.69, 9.17) is 0 Å². The SMILES string of the molecule is Cc1cc2c(-c3cc(C(C)(C)C)cc(C(C)(C)C)c3)cc(C(C)(C)C)cc2[cH-]1.Cc1cc2c(-c3ccc(C(C)(C)C)cc3)cccc2[cH-]1.Cl.Cl.[CH3-].[CH3-].[Si]=[Zr]. The van der Waals surface area contributed by atoms with Crippen LogP contribution in [0.4, 0.5) is 0 Å². The van der Waals surface area contributed by atoms with Gasteiger partial charge in [0.25, 0.3) is 0 Å². The number of hydrogen-bond acceptors (Lipinski definition) is 0. The molecule has 0 aliphatic carbocycles. The van der Waals surface area contributed by atoms with E-state index in [2.05, 4.69) is 201 Å². The summed E-state index contributed by atoms with van der Waals surface area (Å²) in [6.45, 7) is 35.0. The fourth-order valence-corrected chi connectivity index (χ4v) is 6.58. The van der Waals surface area contributed by atoms with Gasteiger partial charge in [0.05, 0.1) is 0 Å². The van der Waals surface area contributed by atoms with Crippen LogP contribution in [0.25, 0.3) is 43.8 Å². The van der Waals surface area contributed by atoms with Crippen LogP contribution in [-0.2, 0) is 45.0 Å². The van der Waals surface area contributed by atoms with E-state index in [1.54, 1.807) is 0 Å². The summed E-state index contributed by atoms with van der Waals surface area (Å²) < 4.78 is 0. The Balaban J connectivity index is 0.000000965. The summed E-state index contributed by atoms with van der Waals surface area (Å²) in [5.74, 6) is 0. The summed E-state index contributed by atoms with van der Waals surface area (Å²) in [4.78, 5) is 0. The van der Waals surface area contributed by atoms with Crippen LogP contribution in [0.3, 0.4) is 0 Å². The van der Waals surface area contributed by atoms with E-state index in [1.807, 2.05) is 0 Å². The van der Waals surface area contributed by atoms with E-state index in [9.17, 15) is 0 Å². The molecule has 6 aromatic carbocycles. The zero-order valence-corrected chi connectivity index (χ0v) is 41.1. The Morgan fingerprint density at radius 3 is 1.28 bits per heavy atom. The first-order chi connectivity index (χ1) is 23.1. The summed E-state index contributed by atoms with van der Waals surface area (Å²) in [6, 6.07) is 36.8. The predicted molar refractivity (Wildman–Crippen MR) is 247 cm³/mol. The number of hydrogen-bond donors (Lipinski definition) is 0. The monoisotopic (exact) mass is 854 g/mol. The maximum atomic E-state index is 3.06. The standard InChI is InChI=1S/C28H37.C20H21.2CH3.2ClH.Si.Zr/c1-18-11-19-13-23(28(8,9)10)17-25(24(19)12-18)20-14-21(26(2,3)4)16-22(15-20)27(5,6)7;1-14-12-16-6-5-7-18(19(16)13-14)15-8-10-17(11-9-15)20(2,3)4;;;;;;/h11-17H,1-10H3;5-13H,1-4H3;2*1H3;2*1H;;/q4*-1;;;;. The normalized spacial score (nSPS) is 11.4. The number of benzene rings is 4. The molecule has 0 aliphatic heterocycles. The van der Waals surface area contributed by atoms with Crippen LogP contribution in [0.2, 0.25) is 0 Å². The van der Waals surface area contributed by atoms with Gasteiger partial charge in [-0.15, -0.1) is 87.8 Å². The van der Waals surface area contributed by atoms with Gasteiger partial charge in [-0.3, -0.25) is 0 Å². The Kier molecular flexibility index (Phi) is 19.0. The third-order valence-electron chi connectivity index (χ3n) is 9.77. The Hall–Kier alpha value is -2.22. The fourth-order valence-electron chi connectivity index (χ4n) is 6.58. The first-order valence-electron chi connectivity index (χ1n) is 18.0. The van der Waals surface area contributed by atoms with Crippen molar-refractivity contribution >= 4 is 53.2 Å². The maximum absolute atomic E-state index is 3.06. The van der Waals surface area contributed by atoms with Crippen molar-refractivity contribution in [2.75, 3.05) is 0 Å². The van der Waals surface area contributed by atoms with Crippen LogP contribution in [0, 0.1) is 28.7 Å². The minimum absolute atomic E-state index is 0. The van der Waals surface area contributed by atoms with Gasteiger partial charge < -0.3 is 14.9 Å². The van der Waals surface area contributed by atoms with Crippen LogP contribution in [0.1, 0.15) is 116 Å². The van der Waals surface area contributed by atoms with Crippen molar-refractivity contribution < 1.29 is 23.3 Å². The molecule has 2 radical (unpaired) electrons. The number of aryl methyl sites for hydroxylation is 2. The summed E-state index contributed by atoms with van der Waals surface area (Å²) in [7, 11) is 0. The van der Waals surface area contributed by atoms with E-state index in [0.717, 1.165) is 0 Å². The second kappa shape index (κ2) is 19.8. The second-order valence-corrected chi connectivity index (χ2v) is 18.3. The molecule has 0 spiro atoms. The summed E-state index contributed by atoms with van der Waals surface area (Å²) >= 11 is 1.36. The van der Waals surface area contributed by atoms with Gasteiger partial charge in [0.1, 0.15) is 0 Å². The molecule has 292 valence electrons. The molecular weight excluding hydrogens is 791 g/mol. The third-order valence-corrected chi connectivity index (χ3v) is 9.77. The van der Waals surface area contributed by atoms with Gasteiger partial charge in [-0.1, -0.05) is 168 Å². The van der Waals surface area contributed by atoms with Gasteiger partial charge in [-0.25, -0.2) is 0 Å². The van der Waals surface area contributed by atoms with Crippen LogP contribution >= 0.6 is 24.8 Å². The quantitative estimate of drug-likeness (QED) is 0.120. The van der Waals surface area contributed by atoms with Crippen molar-refractivity contribution in [2.24, 2.45) is 0 Å². The minimum atomic E-state index is 0. The van der Waals surface area contributed by atoms with Crippen molar-refractivity contribution in [3.8, 4) is 22.3 Å². The van der Waals surface area contributed by atoms with E-state index in [0.29, 0.717) is 0 Å². The molecule has 0 aromatic heterocycles. The first-order valence-corrected chi connectivity index (χ1v) is 22.2. The third kappa shape index (κ3) is 12.4. The molecule has 0 saturated heterocycles. The van der Waals surface area contributed by atoms with Crippen molar-refractivity contribution in [3.63, 3.8) is 0 Å². The molecule has 0 fully saturated rings. The van der Waals surface area contributed by atoms with Crippen LogP contribution < -0.4 is 0 Å². The molecule has 0 aliphatic rings. The van der Waals surface area contributed by atoms with E-state index in [1.165, 1.54) is 101 Å². The fraction of sp³-hybridized carbons (Fsp3) is 0.360. The molecule has 0 amide bonds. The molecule has 0 nitrogen and oxygen atoms in total. The van der Waals surface area contributed by atoms with E-state index in [-0.39, 0.29) is 61.3 Å². The Labute approximate surface area is 360 Å². The molecule has 6 rings (SSSR count). The number of fused-ring (bicyclic) bond motifs is 2. The molecule has 6 aromatic rings. The topological polar surface area (TPSA) is 0 Å². The molecule has 4 heteroatoms. The molecule has 0 unspecified atom stereocenters. The molecule has 0 bridgehead atoms. The van der Waals surface area contributed by atoms with Gasteiger partial charge in [0, 0.05) is 0 Å². The molecule has 0 heterocycles. The van der Waals surface area contributed by atoms with Gasteiger partial charge in [0.2, 0.25) is 0 Å². The Morgan fingerprint density at radius 1 is 0.426 bits per heavy atom. The van der Waals surface area contributed by atoms with Crippen LogP contribution in [0.5, 0.6) is 0 Å². The average molecular weight is 857 g/mol. The predicted octanol–water partition coefficient (Wildman–Crippen LogP) is 15.6. The zero-order chi connectivity index (χ0) is 37.4.